The minimum atomic E-state index is 0.0807. The van der Waals surface area contributed by atoms with Crippen LogP contribution in [0, 0.1) is 12.8 Å². The summed E-state index contributed by atoms with van der Waals surface area (Å²) in [5.74, 6) is 1.29. The lowest BCUT2D eigenvalue weighted by Gasteiger charge is -2.32. The number of piperidine rings is 1. The predicted octanol–water partition coefficient (Wildman–Crippen LogP) is 5.36. The molecule has 0 spiro atoms. The summed E-state index contributed by atoms with van der Waals surface area (Å²) in [5, 5.41) is 3.17. The van der Waals surface area contributed by atoms with Gasteiger partial charge in [-0.1, -0.05) is 66.7 Å². The average molecular weight is 467 g/mol. The molecule has 5 nitrogen and oxygen atoms in total. The predicted molar refractivity (Wildman–Crippen MR) is 143 cm³/mol. The molecule has 0 radical (unpaired) electrons. The molecule has 5 heteroatoms. The molecule has 5 rings (SSSR count). The van der Waals surface area contributed by atoms with Gasteiger partial charge in [-0.05, 0) is 61.4 Å². The topological polar surface area (TPSA) is 50.2 Å². The molecule has 35 heavy (non-hydrogen) atoms. The van der Waals surface area contributed by atoms with Gasteiger partial charge < -0.3 is 14.8 Å². The van der Waals surface area contributed by atoms with Crippen molar-refractivity contribution >= 4 is 22.9 Å². The van der Waals surface area contributed by atoms with Gasteiger partial charge in [-0.2, -0.15) is 0 Å². The molecule has 1 N–H and O–H groups in total. The van der Waals surface area contributed by atoms with Gasteiger partial charge in [0.25, 0.3) is 0 Å². The van der Waals surface area contributed by atoms with Crippen LogP contribution in [0.3, 0.4) is 0 Å². The van der Waals surface area contributed by atoms with E-state index in [0.717, 1.165) is 68.8 Å². The van der Waals surface area contributed by atoms with Gasteiger partial charge in [0.2, 0.25) is 11.9 Å². The standard InChI is InChI=1S/C30H34N4O/c1-23-10-5-6-14-26(23)22-34-28-16-8-7-15-27(28)32-30(34)33-20-17-25(18-21-33)29(35)31-19-9-13-24-11-3-2-4-12-24/h2-8,10-12,14-16,25H,9,13,17-22H2,1H3,(H,31,35). The highest BCUT2D eigenvalue weighted by Crippen LogP contribution is 2.28. The number of hydrogen-bond acceptors (Lipinski definition) is 3. The minimum Gasteiger partial charge on any atom is -0.356 e. The van der Waals surface area contributed by atoms with Crippen LogP contribution in [-0.4, -0.2) is 35.1 Å². The first-order valence-corrected chi connectivity index (χ1v) is 12.8. The molecule has 1 aromatic heterocycles. The van der Waals surface area contributed by atoms with Crippen molar-refractivity contribution in [3.8, 4) is 0 Å². The molecule has 1 saturated heterocycles. The summed E-state index contributed by atoms with van der Waals surface area (Å²) in [5.41, 5.74) is 6.10. The van der Waals surface area contributed by atoms with Crippen LogP contribution < -0.4 is 10.2 Å². The van der Waals surface area contributed by atoms with Gasteiger partial charge in [-0.15, -0.1) is 0 Å². The number of aromatic nitrogens is 2. The second-order valence-electron chi connectivity index (χ2n) is 9.55. The molecule has 0 saturated carbocycles. The molecule has 0 unspecified atom stereocenters. The van der Waals surface area contributed by atoms with Crippen molar-refractivity contribution in [2.24, 2.45) is 5.92 Å². The van der Waals surface area contributed by atoms with Crippen LogP contribution in [0.1, 0.15) is 36.0 Å². The quantitative estimate of drug-likeness (QED) is 0.356. The summed E-state index contributed by atoms with van der Waals surface area (Å²) in [7, 11) is 0. The van der Waals surface area contributed by atoms with E-state index in [4.69, 9.17) is 4.98 Å². The van der Waals surface area contributed by atoms with Crippen molar-refractivity contribution in [2.75, 3.05) is 24.5 Å². The number of anilines is 1. The molecular formula is C30H34N4O. The fraction of sp³-hybridized carbons (Fsp3) is 0.333. The number of amides is 1. The highest BCUT2D eigenvalue weighted by Gasteiger charge is 2.27. The van der Waals surface area contributed by atoms with E-state index < -0.39 is 0 Å². The summed E-state index contributed by atoms with van der Waals surface area (Å²) < 4.78 is 2.33. The number of hydrogen-bond donors (Lipinski definition) is 1. The Hall–Kier alpha value is -3.60. The monoisotopic (exact) mass is 466 g/mol. The van der Waals surface area contributed by atoms with E-state index in [9.17, 15) is 4.79 Å². The van der Waals surface area contributed by atoms with Crippen molar-refractivity contribution in [1.82, 2.24) is 14.9 Å². The molecule has 4 aromatic rings. The molecule has 180 valence electrons. The Labute approximate surface area is 207 Å². The summed E-state index contributed by atoms with van der Waals surface area (Å²) in [6, 6.07) is 27.4. The van der Waals surface area contributed by atoms with E-state index in [1.165, 1.54) is 16.7 Å². The van der Waals surface area contributed by atoms with Gasteiger partial charge in [-0.25, -0.2) is 4.98 Å². The number of para-hydroxylation sites is 2. The maximum atomic E-state index is 12.8. The number of carbonyl (C=O) groups excluding carboxylic acids is 1. The number of benzene rings is 3. The molecular weight excluding hydrogens is 432 g/mol. The van der Waals surface area contributed by atoms with Gasteiger partial charge in [0.1, 0.15) is 0 Å². The fourth-order valence-electron chi connectivity index (χ4n) is 5.05. The Bertz CT molecular complexity index is 1270. The van der Waals surface area contributed by atoms with Crippen LogP contribution >= 0.6 is 0 Å². The molecule has 3 aromatic carbocycles. The smallest absolute Gasteiger partial charge is 0.223 e. The van der Waals surface area contributed by atoms with Crippen molar-refractivity contribution in [3.63, 3.8) is 0 Å². The molecule has 0 atom stereocenters. The van der Waals surface area contributed by atoms with E-state index in [2.05, 4.69) is 88.4 Å². The SMILES string of the molecule is Cc1ccccc1Cn1c(N2CCC(C(=O)NCCCc3ccccc3)CC2)nc2ccccc21. The highest BCUT2D eigenvalue weighted by atomic mass is 16.1. The normalized spacial score (nSPS) is 14.4. The van der Waals surface area contributed by atoms with Gasteiger partial charge in [0, 0.05) is 25.6 Å². The Kier molecular flexibility index (Phi) is 7.12. The number of imidazole rings is 1. The van der Waals surface area contributed by atoms with Crippen LogP contribution in [-0.2, 0) is 17.8 Å². The second-order valence-corrected chi connectivity index (χ2v) is 9.55. The largest absolute Gasteiger partial charge is 0.356 e. The zero-order valence-electron chi connectivity index (χ0n) is 20.5. The lowest BCUT2D eigenvalue weighted by Crippen LogP contribution is -2.41. The summed E-state index contributed by atoms with van der Waals surface area (Å²) >= 11 is 0. The molecule has 1 aliphatic rings. The van der Waals surface area contributed by atoms with E-state index in [0.29, 0.717) is 0 Å². The highest BCUT2D eigenvalue weighted by molar-refractivity contribution is 5.80. The minimum absolute atomic E-state index is 0.0807. The Morgan fingerprint density at radius 2 is 1.66 bits per heavy atom. The number of fused-ring (bicyclic) bond motifs is 1. The van der Waals surface area contributed by atoms with Gasteiger partial charge in [0.15, 0.2) is 0 Å². The molecule has 1 fully saturated rings. The first-order chi connectivity index (χ1) is 17.2. The van der Waals surface area contributed by atoms with Crippen molar-refractivity contribution in [3.05, 3.63) is 95.6 Å². The summed E-state index contributed by atoms with van der Waals surface area (Å²) in [6.07, 6.45) is 3.68. The number of carbonyl (C=O) groups is 1. The number of nitrogens with zero attached hydrogens (tertiary/aromatic N) is 3. The summed E-state index contributed by atoms with van der Waals surface area (Å²) in [6.45, 7) is 5.39. The van der Waals surface area contributed by atoms with Crippen molar-refractivity contribution < 1.29 is 4.79 Å². The van der Waals surface area contributed by atoms with Gasteiger partial charge >= 0.3 is 0 Å². The van der Waals surface area contributed by atoms with Gasteiger partial charge in [-0.3, -0.25) is 4.79 Å². The maximum Gasteiger partial charge on any atom is 0.223 e. The maximum absolute atomic E-state index is 12.8. The van der Waals surface area contributed by atoms with Crippen molar-refractivity contribution in [2.45, 2.75) is 39.2 Å². The van der Waals surface area contributed by atoms with Crippen LogP contribution in [0.2, 0.25) is 0 Å². The van der Waals surface area contributed by atoms with Crippen LogP contribution in [0.4, 0.5) is 5.95 Å². The lowest BCUT2D eigenvalue weighted by atomic mass is 9.96. The Morgan fingerprint density at radius 3 is 2.46 bits per heavy atom. The van der Waals surface area contributed by atoms with Crippen LogP contribution in [0.15, 0.2) is 78.9 Å². The zero-order chi connectivity index (χ0) is 24.0. The number of nitrogens with one attached hydrogen (secondary N) is 1. The number of aryl methyl sites for hydroxylation is 2. The number of rotatable bonds is 8. The van der Waals surface area contributed by atoms with E-state index >= 15 is 0 Å². The lowest BCUT2D eigenvalue weighted by molar-refractivity contribution is -0.125. The van der Waals surface area contributed by atoms with E-state index in [-0.39, 0.29) is 11.8 Å². The molecule has 1 amide bonds. The second kappa shape index (κ2) is 10.8. The zero-order valence-corrected chi connectivity index (χ0v) is 20.5. The van der Waals surface area contributed by atoms with Gasteiger partial charge in [0.05, 0.1) is 17.6 Å². The van der Waals surface area contributed by atoms with E-state index in [1.807, 2.05) is 12.1 Å². The third-order valence-electron chi connectivity index (χ3n) is 7.16. The molecule has 1 aliphatic heterocycles. The first-order valence-electron chi connectivity index (χ1n) is 12.8. The summed E-state index contributed by atoms with van der Waals surface area (Å²) in [4.78, 5) is 20.2. The van der Waals surface area contributed by atoms with Crippen LogP contribution in [0.5, 0.6) is 0 Å². The molecule has 2 heterocycles. The average Bonchev–Trinajstić information content (AvgIpc) is 3.27. The van der Waals surface area contributed by atoms with E-state index in [1.54, 1.807) is 0 Å². The third-order valence-corrected chi connectivity index (χ3v) is 7.16. The molecule has 0 aliphatic carbocycles. The first kappa shape index (κ1) is 23.2. The molecule has 0 bridgehead atoms. The third kappa shape index (κ3) is 5.40. The fourth-order valence-corrected chi connectivity index (χ4v) is 5.05. The van der Waals surface area contributed by atoms with Crippen LogP contribution in [0.25, 0.3) is 11.0 Å². The Balaban J connectivity index is 1.21. The Morgan fingerprint density at radius 1 is 0.943 bits per heavy atom. The van der Waals surface area contributed by atoms with Crippen molar-refractivity contribution in [1.29, 1.82) is 0 Å².